The molecule has 2 aromatic rings. The van der Waals surface area contributed by atoms with E-state index < -0.39 is 0 Å². The zero-order valence-corrected chi connectivity index (χ0v) is 17.3. The average Bonchev–Trinajstić information content (AvgIpc) is 3.47. The van der Waals surface area contributed by atoms with Gasteiger partial charge in [-0.25, -0.2) is 5.01 Å². The van der Waals surface area contributed by atoms with Crippen LogP contribution >= 0.6 is 34.9 Å². The lowest BCUT2D eigenvalue weighted by atomic mass is 10.0. The van der Waals surface area contributed by atoms with Crippen molar-refractivity contribution in [3.8, 4) is 5.75 Å². The van der Waals surface area contributed by atoms with E-state index in [1.165, 1.54) is 11.8 Å². The Hall–Kier alpha value is -1.77. The molecule has 140 valence electrons. The molecule has 0 spiro atoms. The minimum Gasteiger partial charge on any atom is -0.497 e. The summed E-state index contributed by atoms with van der Waals surface area (Å²) in [6.07, 6.45) is 0.721. The maximum atomic E-state index is 12.9. The van der Waals surface area contributed by atoms with Gasteiger partial charge in [0.05, 0.1) is 36.0 Å². The van der Waals surface area contributed by atoms with Gasteiger partial charge in [0.25, 0.3) is 5.91 Å². The lowest BCUT2D eigenvalue weighted by molar-refractivity contribution is -0.130. The molecule has 0 saturated heterocycles. The van der Waals surface area contributed by atoms with Gasteiger partial charge in [0.2, 0.25) is 0 Å². The summed E-state index contributed by atoms with van der Waals surface area (Å²) < 4.78 is 6.26. The predicted molar refractivity (Wildman–Crippen MR) is 115 cm³/mol. The third-order valence-electron chi connectivity index (χ3n) is 4.35. The molecule has 0 N–H and O–H groups in total. The molecular formula is C19H19N3O2S3. The predicted octanol–water partition coefficient (Wildman–Crippen LogP) is 4.27. The summed E-state index contributed by atoms with van der Waals surface area (Å²) >= 11 is 4.89. The van der Waals surface area contributed by atoms with Crippen molar-refractivity contribution in [1.29, 1.82) is 0 Å². The Morgan fingerprint density at radius 2 is 2.19 bits per heavy atom. The number of thioether (sulfide) groups is 2. The number of thiophene rings is 1. The topological polar surface area (TPSA) is 54.3 Å². The molecule has 0 saturated carbocycles. The van der Waals surface area contributed by atoms with E-state index in [2.05, 4.69) is 11.1 Å². The van der Waals surface area contributed by atoms with E-state index >= 15 is 0 Å². The standard InChI is InChI=1S/C19H19N3O2S3/c1-24-14-6-4-13(5-7-14)16-11-15(17-3-2-9-25-17)21-22(16)18(23)12-27-19-20-8-10-26-19/h2-7,9,16H,8,10-12H2,1H3/t16-/m1/s1. The highest BCUT2D eigenvalue weighted by molar-refractivity contribution is 8.39. The fourth-order valence-electron chi connectivity index (χ4n) is 3.01. The number of amides is 1. The quantitative estimate of drug-likeness (QED) is 0.729. The molecule has 1 atom stereocenters. The van der Waals surface area contributed by atoms with E-state index in [1.54, 1.807) is 35.2 Å². The van der Waals surface area contributed by atoms with Gasteiger partial charge in [-0.2, -0.15) is 5.10 Å². The molecular weight excluding hydrogens is 398 g/mol. The van der Waals surface area contributed by atoms with E-state index in [-0.39, 0.29) is 11.9 Å². The second kappa shape index (κ2) is 8.50. The minimum atomic E-state index is -0.0840. The first-order chi connectivity index (χ1) is 13.2. The van der Waals surface area contributed by atoms with Gasteiger partial charge in [0.1, 0.15) is 10.1 Å². The number of ether oxygens (including phenoxy) is 1. The van der Waals surface area contributed by atoms with Crippen molar-refractivity contribution in [3.63, 3.8) is 0 Å². The first-order valence-corrected chi connectivity index (χ1v) is 11.5. The van der Waals surface area contributed by atoms with Crippen LogP contribution in [-0.4, -0.2) is 46.2 Å². The Bertz CT molecular complexity index is 863. The first kappa shape index (κ1) is 18.6. The molecule has 1 aromatic heterocycles. The number of nitrogens with zero attached hydrogens (tertiary/aromatic N) is 3. The molecule has 0 fully saturated rings. The Morgan fingerprint density at radius 1 is 1.33 bits per heavy atom. The molecule has 0 radical (unpaired) electrons. The second-order valence-corrected chi connectivity index (χ2v) is 9.29. The van der Waals surface area contributed by atoms with Crippen LogP contribution in [0.1, 0.15) is 22.9 Å². The van der Waals surface area contributed by atoms with Gasteiger partial charge in [-0.1, -0.05) is 41.7 Å². The minimum absolute atomic E-state index is 0.0163. The van der Waals surface area contributed by atoms with Crippen molar-refractivity contribution < 1.29 is 9.53 Å². The van der Waals surface area contributed by atoms with Crippen molar-refractivity contribution in [2.45, 2.75) is 12.5 Å². The fraction of sp³-hybridized carbons (Fsp3) is 0.316. The smallest absolute Gasteiger partial charge is 0.253 e. The number of carbonyl (C=O) groups is 1. The largest absolute Gasteiger partial charge is 0.497 e. The highest BCUT2D eigenvalue weighted by Gasteiger charge is 2.33. The number of aliphatic imine (C=N–C) groups is 1. The van der Waals surface area contributed by atoms with Crippen LogP contribution in [0.15, 0.2) is 51.9 Å². The third-order valence-corrected chi connectivity index (χ3v) is 7.50. The van der Waals surface area contributed by atoms with E-state index in [0.29, 0.717) is 5.75 Å². The van der Waals surface area contributed by atoms with Crippen molar-refractivity contribution in [2.24, 2.45) is 10.1 Å². The first-order valence-electron chi connectivity index (χ1n) is 8.62. The molecule has 27 heavy (non-hydrogen) atoms. The van der Waals surface area contributed by atoms with E-state index in [4.69, 9.17) is 9.84 Å². The van der Waals surface area contributed by atoms with Crippen LogP contribution < -0.4 is 4.74 Å². The molecule has 2 aliphatic heterocycles. The van der Waals surface area contributed by atoms with Crippen LogP contribution in [0, 0.1) is 0 Å². The molecule has 1 amide bonds. The Labute approximate surface area is 170 Å². The van der Waals surface area contributed by atoms with Crippen LogP contribution in [-0.2, 0) is 4.79 Å². The zero-order chi connectivity index (χ0) is 18.6. The van der Waals surface area contributed by atoms with Gasteiger partial charge in [-0.05, 0) is 29.1 Å². The second-order valence-electron chi connectivity index (χ2n) is 6.04. The van der Waals surface area contributed by atoms with Gasteiger partial charge in [0.15, 0.2) is 0 Å². The number of hydrogen-bond acceptors (Lipinski definition) is 7. The van der Waals surface area contributed by atoms with Gasteiger partial charge >= 0.3 is 0 Å². The van der Waals surface area contributed by atoms with Crippen molar-refractivity contribution in [3.05, 3.63) is 52.2 Å². The summed E-state index contributed by atoms with van der Waals surface area (Å²) in [5.41, 5.74) is 2.04. The van der Waals surface area contributed by atoms with Crippen LogP contribution in [0.5, 0.6) is 5.75 Å². The molecule has 5 nitrogen and oxygen atoms in total. The molecule has 8 heteroatoms. The van der Waals surface area contributed by atoms with Gasteiger partial charge < -0.3 is 4.74 Å². The normalized spacial score (nSPS) is 19.1. The molecule has 4 rings (SSSR count). The Balaban J connectivity index is 1.55. The monoisotopic (exact) mass is 417 g/mol. The number of methoxy groups -OCH3 is 1. The highest BCUT2D eigenvalue weighted by atomic mass is 32.2. The molecule has 0 aliphatic carbocycles. The summed E-state index contributed by atoms with van der Waals surface area (Å²) in [5, 5.41) is 8.39. The highest BCUT2D eigenvalue weighted by Crippen LogP contribution is 2.35. The van der Waals surface area contributed by atoms with Crippen LogP contribution in [0.4, 0.5) is 0 Å². The number of hydrazone groups is 1. The lowest BCUT2D eigenvalue weighted by Gasteiger charge is -2.22. The SMILES string of the molecule is COc1ccc([C@H]2CC(c3cccs3)=NN2C(=O)CSC2=NCCS2)cc1. The molecule has 1 aromatic carbocycles. The maximum absolute atomic E-state index is 12.9. The number of rotatable bonds is 5. The molecule has 2 aliphatic rings. The van der Waals surface area contributed by atoms with Crippen molar-refractivity contribution in [1.82, 2.24) is 5.01 Å². The number of benzene rings is 1. The van der Waals surface area contributed by atoms with Crippen molar-refractivity contribution in [2.75, 3.05) is 25.2 Å². The summed E-state index contributed by atoms with van der Waals surface area (Å²) in [7, 11) is 1.65. The average molecular weight is 418 g/mol. The zero-order valence-electron chi connectivity index (χ0n) is 14.8. The molecule has 3 heterocycles. The number of carbonyl (C=O) groups excluding carboxylic acids is 1. The molecule has 0 unspecified atom stereocenters. The van der Waals surface area contributed by atoms with E-state index in [9.17, 15) is 4.79 Å². The summed E-state index contributed by atoms with van der Waals surface area (Å²) in [6, 6.07) is 11.9. The summed E-state index contributed by atoms with van der Waals surface area (Å²) in [5.74, 6) is 2.19. The summed E-state index contributed by atoms with van der Waals surface area (Å²) in [6.45, 7) is 0.847. The third kappa shape index (κ3) is 4.23. The lowest BCUT2D eigenvalue weighted by Crippen LogP contribution is -2.28. The van der Waals surface area contributed by atoms with Crippen LogP contribution in [0.2, 0.25) is 0 Å². The van der Waals surface area contributed by atoms with Gasteiger partial charge in [0, 0.05) is 12.2 Å². The van der Waals surface area contributed by atoms with E-state index in [0.717, 1.165) is 45.0 Å². The van der Waals surface area contributed by atoms with Crippen LogP contribution in [0.3, 0.4) is 0 Å². The maximum Gasteiger partial charge on any atom is 0.253 e. The number of hydrogen-bond donors (Lipinski definition) is 0. The summed E-state index contributed by atoms with van der Waals surface area (Å²) in [4.78, 5) is 18.5. The van der Waals surface area contributed by atoms with Gasteiger partial charge in [-0.15, -0.1) is 11.3 Å². The molecule has 0 bridgehead atoms. The Morgan fingerprint density at radius 3 is 2.85 bits per heavy atom. The van der Waals surface area contributed by atoms with Gasteiger partial charge in [-0.3, -0.25) is 9.79 Å². The Kier molecular flexibility index (Phi) is 5.85. The fourth-order valence-corrected chi connectivity index (χ4v) is 5.59. The van der Waals surface area contributed by atoms with E-state index in [1.807, 2.05) is 35.7 Å². The van der Waals surface area contributed by atoms with Crippen molar-refractivity contribution >= 4 is 50.9 Å². The van der Waals surface area contributed by atoms with Crippen LogP contribution in [0.25, 0.3) is 0 Å².